The number of hydrogen-bond donors (Lipinski definition) is 0. The van der Waals surface area contributed by atoms with Gasteiger partial charge in [-0.2, -0.15) is 0 Å². The largest absolute Gasteiger partial charge is 0.493 e. The van der Waals surface area contributed by atoms with Crippen LogP contribution in [0.15, 0.2) is 18.2 Å². The van der Waals surface area contributed by atoms with Crippen LogP contribution >= 0.6 is 0 Å². The molecule has 3 heterocycles. The molecule has 0 aromatic heterocycles. The molecule has 1 unspecified atom stereocenters. The molecule has 214 valence electrons. The van der Waals surface area contributed by atoms with Crippen LogP contribution in [0.25, 0.3) is 0 Å². The van der Waals surface area contributed by atoms with Crippen molar-refractivity contribution in [3.8, 4) is 5.75 Å². The molecule has 1 amide bonds. The van der Waals surface area contributed by atoms with Crippen LogP contribution in [0.2, 0.25) is 0 Å². The van der Waals surface area contributed by atoms with E-state index in [1.807, 2.05) is 0 Å². The third-order valence-corrected chi connectivity index (χ3v) is 9.06. The number of hydrogen-bond acceptors (Lipinski definition) is 4. The second kappa shape index (κ2) is 15.9. The lowest BCUT2D eigenvalue weighted by Crippen LogP contribution is -2.43. The number of benzene rings is 1. The summed E-state index contributed by atoms with van der Waals surface area (Å²) < 4.78 is 11.8. The van der Waals surface area contributed by atoms with Gasteiger partial charge in [-0.15, -0.1) is 0 Å². The minimum absolute atomic E-state index is 0.342. The molecule has 1 aromatic rings. The molecule has 0 N–H and O–H groups in total. The normalized spacial score (nSPS) is 23.4. The molecule has 4 rings (SSSR count). The zero-order valence-corrected chi connectivity index (χ0v) is 24.4. The molecule has 38 heavy (non-hydrogen) atoms. The first kappa shape index (κ1) is 29.4. The van der Waals surface area contributed by atoms with Crippen LogP contribution in [-0.4, -0.2) is 67.2 Å². The first-order chi connectivity index (χ1) is 18.7. The summed E-state index contributed by atoms with van der Waals surface area (Å²) in [5, 5.41) is 0. The Morgan fingerprint density at radius 2 is 1.79 bits per heavy atom. The Balaban J connectivity index is 1.37. The lowest BCUT2D eigenvalue weighted by molar-refractivity contribution is -0.132. The Bertz CT molecular complexity index is 838. The summed E-state index contributed by atoms with van der Waals surface area (Å²) >= 11 is 0. The van der Waals surface area contributed by atoms with Gasteiger partial charge >= 0.3 is 0 Å². The van der Waals surface area contributed by atoms with Gasteiger partial charge in [0.2, 0.25) is 5.91 Å². The van der Waals surface area contributed by atoms with Crippen LogP contribution in [0.1, 0.15) is 121 Å². The van der Waals surface area contributed by atoms with Crippen molar-refractivity contribution < 1.29 is 14.3 Å². The summed E-state index contributed by atoms with van der Waals surface area (Å²) in [7, 11) is 0. The highest BCUT2D eigenvalue weighted by Gasteiger charge is 2.35. The van der Waals surface area contributed by atoms with E-state index in [1.165, 1.54) is 62.5 Å². The van der Waals surface area contributed by atoms with Gasteiger partial charge in [-0.1, -0.05) is 64.5 Å². The van der Waals surface area contributed by atoms with E-state index in [0.29, 0.717) is 30.5 Å². The molecule has 2 saturated heterocycles. The van der Waals surface area contributed by atoms with Gasteiger partial charge in [0.1, 0.15) is 5.75 Å². The first-order valence-corrected chi connectivity index (χ1v) is 16.1. The summed E-state index contributed by atoms with van der Waals surface area (Å²) in [5.41, 5.74) is 2.78. The van der Waals surface area contributed by atoms with Crippen molar-refractivity contribution >= 4 is 5.91 Å². The smallest absolute Gasteiger partial charge is 0.236 e. The fourth-order valence-corrected chi connectivity index (χ4v) is 6.66. The molecule has 3 atom stereocenters. The van der Waals surface area contributed by atoms with E-state index in [4.69, 9.17) is 9.47 Å². The lowest BCUT2D eigenvalue weighted by atomic mass is 9.92. The number of rotatable bonds is 16. The number of ether oxygens (including phenoxy) is 2. The highest BCUT2D eigenvalue weighted by atomic mass is 16.5. The monoisotopic (exact) mass is 526 g/mol. The van der Waals surface area contributed by atoms with Crippen LogP contribution in [0.3, 0.4) is 0 Å². The summed E-state index contributed by atoms with van der Waals surface area (Å²) in [6.45, 7) is 9.61. The Morgan fingerprint density at radius 3 is 2.61 bits per heavy atom. The zero-order chi connectivity index (χ0) is 26.6. The quantitative estimate of drug-likeness (QED) is 0.215. The fourth-order valence-electron chi connectivity index (χ4n) is 6.66. The van der Waals surface area contributed by atoms with Gasteiger partial charge < -0.3 is 14.4 Å². The van der Waals surface area contributed by atoms with E-state index < -0.39 is 0 Å². The maximum Gasteiger partial charge on any atom is 0.236 e. The number of fused-ring (bicyclic) bond motifs is 1. The van der Waals surface area contributed by atoms with Gasteiger partial charge in [0.25, 0.3) is 0 Å². The van der Waals surface area contributed by atoms with Crippen molar-refractivity contribution in [1.82, 2.24) is 9.80 Å². The number of carbonyl (C=O) groups excluding carboxylic acids is 1. The SMILES string of the molecule is CCCCCCCCN(CCCC)C(=O)CN1C[C@H](c2ccc3c(c2)CCO3)C[C@@H]1CCC1CCCCO1. The summed E-state index contributed by atoms with van der Waals surface area (Å²) in [6.07, 6.45) is 18.4. The van der Waals surface area contributed by atoms with E-state index in [-0.39, 0.29) is 0 Å². The molecule has 3 aliphatic heterocycles. The van der Waals surface area contributed by atoms with Crippen LogP contribution in [0.4, 0.5) is 0 Å². The number of nitrogens with zero attached hydrogens (tertiary/aromatic N) is 2. The van der Waals surface area contributed by atoms with Gasteiger partial charge in [0.05, 0.1) is 19.3 Å². The fraction of sp³-hybridized carbons (Fsp3) is 0.788. The molecular formula is C33H54N2O3. The van der Waals surface area contributed by atoms with Crippen molar-refractivity contribution in [1.29, 1.82) is 0 Å². The van der Waals surface area contributed by atoms with Gasteiger partial charge in [0, 0.05) is 38.7 Å². The molecule has 5 heteroatoms. The Labute approximate surface area is 232 Å². The predicted octanol–water partition coefficient (Wildman–Crippen LogP) is 7.12. The molecule has 0 saturated carbocycles. The molecular weight excluding hydrogens is 472 g/mol. The summed E-state index contributed by atoms with van der Waals surface area (Å²) in [4.78, 5) is 18.4. The number of carbonyl (C=O) groups is 1. The van der Waals surface area contributed by atoms with Gasteiger partial charge in [-0.3, -0.25) is 9.69 Å². The van der Waals surface area contributed by atoms with E-state index in [2.05, 4.69) is 41.8 Å². The van der Waals surface area contributed by atoms with Crippen molar-refractivity contribution in [2.75, 3.05) is 39.4 Å². The molecule has 1 aromatic carbocycles. The summed E-state index contributed by atoms with van der Waals surface area (Å²) in [5.74, 6) is 1.90. The maximum atomic E-state index is 13.7. The van der Waals surface area contributed by atoms with Crippen molar-refractivity contribution in [3.05, 3.63) is 29.3 Å². The van der Waals surface area contributed by atoms with Gasteiger partial charge in [-0.05, 0) is 74.5 Å². The highest BCUT2D eigenvalue weighted by molar-refractivity contribution is 5.78. The molecule has 0 aliphatic carbocycles. The number of unbranched alkanes of at least 4 members (excludes halogenated alkanes) is 6. The first-order valence-electron chi connectivity index (χ1n) is 16.1. The van der Waals surface area contributed by atoms with Gasteiger partial charge in [0.15, 0.2) is 0 Å². The van der Waals surface area contributed by atoms with E-state index in [0.717, 1.165) is 83.5 Å². The average Bonchev–Trinajstić information content (AvgIpc) is 3.58. The minimum atomic E-state index is 0.342. The zero-order valence-electron chi connectivity index (χ0n) is 24.4. The second-order valence-electron chi connectivity index (χ2n) is 12.0. The van der Waals surface area contributed by atoms with Crippen molar-refractivity contribution in [2.24, 2.45) is 0 Å². The molecule has 0 radical (unpaired) electrons. The number of likely N-dealkylation sites (tertiary alicyclic amines) is 1. The summed E-state index contributed by atoms with van der Waals surface area (Å²) in [6, 6.07) is 7.28. The Kier molecular flexibility index (Phi) is 12.3. The van der Waals surface area contributed by atoms with Crippen molar-refractivity contribution in [2.45, 2.75) is 128 Å². The molecule has 3 aliphatic rings. The van der Waals surface area contributed by atoms with Crippen LogP contribution in [-0.2, 0) is 16.0 Å². The Hall–Kier alpha value is -1.59. The minimum Gasteiger partial charge on any atom is -0.493 e. The standard InChI is InChI=1S/C33H54N2O3/c1-3-5-7-8-9-11-20-34(19-6-4-2)33(36)26-35-25-29(27-14-17-32-28(23-27)18-22-38-32)24-30(35)15-16-31-13-10-12-21-37-31/h14,17,23,29-31H,3-13,15-16,18-22,24-26H2,1-2H3/t29-,30+,31?/m1/s1. The predicted molar refractivity (Wildman–Crippen MR) is 156 cm³/mol. The number of amides is 1. The van der Waals surface area contributed by atoms with E-state index in [9.17, 15) is 4.79 Å². The van der Waals surface area contributed by atoms with Crippen LogP contribution in [0.5, 0.6) is 5.75 Å². The lowest BCUT2D eigenvalue weighted by Gasteiger charge is -2.30. The topological polar surface area (TPSA) is 42.0 Å². The third-order valence-electron chi connectivity index (χ3n) is 9.06. The maximum absolute atomic E-state index is 13.7. The second-order valence-corrected chi connectivity index (χ2v) is 12.0. The molecule has 0 bridgehead atoms. The van der Waals surface area contributed by atoms with E-state index in [1.54, 1.807) is 0 Å². The van der Waals surface area contributed by atoms with Gasteiger partial charge in [-0.25, -0.2) is 0 Å². The molecule has 5 nitrogen and oxygen atoms in total. The molecule has 0 spiro atoms. The van der Waals surface area contributed by atoms with Crippen molar-refractivity contribution in [3.63, 3.8) is 0 Å². The van der Waals surface area contributed by atoms with Crippen LogP contribution in [0, 0.1) is 0 Å². The molecule has 2 fully saturated rings. The average molecular weight is 527 g/mol. The van der Waals surface area contributed by atoms with E-state index >= 15 is 0 Å². The highest BCUT2D eigenvalue weighted by Crippen LogP contribution is 2.37. The Morgan fingerprint density at radius 1 is 0.974 bits per heavy atom. The van der Waals surface area contributed by atoms with Crippen LogP contribution < -0.4 is 4.74 Å². The third kappa shape index (κ3) is 8.71.